The first-order valence-corrected chi connectivity index (χ1v) is 7.72. The van der Waals surface area contributed by atoms with E-state index in [-0.39, 0.29) is 23.7 Å². The summed E-state index contributed by atoms with van der Waals surface area (Å²) in [4.78, 5) is 48.9. The largest absolute Gasteiger partial charge is 0.474 e. The minimum absolute atomic E-state index is 0.0198. The fourth-order valence-corrected chi connectivity index (χ4v) is 2.59. The first kappa shape index (κ1) is 16.7. The molecular weight excluding hydrogens is 330 g/mol. The first-order valence-electron chi connectivity index (χ1n) is 7.72. The Morgan fingerprint density at radius 3 is 2.72 bits per heavy atom. The number of amides is 1. The molecule has 10 heteroatoms. The van der Waals surface area contributed by atoms with Gasteiger partial charge >= 0.3 is 11.7 Å². The highest BCUT2D eigenvalue weighted by molar-refractivity contribution is 5.92. The Kier molecular flexibility index (Phi) is 4.78. The lowest BCUT2D eigenvalue weighted by atomic mass is 10.1. The van der Waals surface area contributed by atoms with Crippen molar-refractivity contribution < 1.29 is 14.3 Å². The monoisotopic (exact) mass is 347 g/mol. The van der Waals surface area contributed by atoms with E-state index in [1.807, 2.05) is 4.98 Å². The van der Waals surface area contributed by atoms with Crippen LogP contribution in [0.5, 0.6) is 11.9 Å². The number of nitrogens with one attached hydrogen (secondary N) is 2. The van der Waals surface area contributed by atoms with Gasteiger partial charge in [-0.3, -0.25) is 14.6 Å². The van der Waals surface area contributed by atoms with Gasteiger partial charge in [0.25, 0.3) is 11.5 Å². The molecule has 0 spiro atoms. The van der Waals surface area contributed by atoms with Gasteiger partial charge in [-0.25, -0.2) is 9.78 Å². The Morgan fingerprint density at radius 2 is 2.04 bits per heavy atom. The molecule has 3 heterocycles. The average molecular weight is 347 g/mol. The number of H-pyrrole nitrogens is 2. The maximum atomic E-state index is 12.4. The maximum absolute atomic E-state index is 12.4. The van der Waals surface area contributed by atoms with Crippen LogP contribution in [0.3, 0.4) is 0 Å². The van der Waals surface area contributed by atoms with Crippen molar-refractivity contribution in [2.24, 2.45) is 0 Å². The highest BCUT2D eigenvalue weighted by Crippen LogP contribution is 2.19. The summed E-state index contributed by atoms with van der Waals surface area (Å²) in [5.74, 6) is 0.0286. The summed E-state index contributed by atoms with van der Waals surface area (Å²) < 4.78 is 10.7. The van der Waals surface area contributed by atoms with Crippen LogP contribution < -0.4 is 20.7 Å². The zero-order chi connectivity index (χ0) is 17.8. The molecule has 0 atom stereocenters. The Morgan fingerprint density at radius 1 is 1.28 bits per heavy atom. The number of piperidine rings is 1. The van der Waals surface area contributed by atoms with E-state index < -0.39 is 11.2 Å². The third-order valence-corrected chi connectivity index (χ3v) is 3.80. The van der Waals surface area contributed by atoms with Crippen molar-refractivity contribution in [3.8, 4) is 11.9 Å². The Bertz CT molecular complexity index is 841. The van der Waals surface area contributed by atoms with Gasteiger partial charge in [0.05, 0.1) is 7.11 Å². The minimum Gasteiger partial charge on any atom is -0.474 e. The molecule has 1 aliphatic heterocycles. The summed E-state index contributed by atoms with van der Waals surface area (Å²) in [6, 6.07) is 2.95. The highest BCUT2D eigenvalue weighted by Gasteiger charge is 2.25. The molecule has 0 aromatic carbocycles. The van der Waals surface area contributed by atoms with Crippen LogP contribution in [-0.2, 0) is 0 Å². The molecule has 0 unspecified atom stereocenters. The van der Waals surface area contributed by atoms with E-state index in [1.165, 1.54) is 7.11 Å². The molecule has 2 aromatic heterocycles. The predicted octanol–water partition coefficient (Wildman–Crippen LogP) is -0.455. The van der Waals surface area contributed by atoms with Gasteiger partial charge in [-0.2, -0.15) is 4.98 Å². The summed E-state index contributed by atoms with van der Waals surface area (Å²) in [7, 11) is 1.47. The number of hydrogen-bond acceptors (Lipinski definition) is 7. The van der Waals surface area contributed by atoms with Crippen molar-refractivity contribution in [1.29, 1.82) is 0 Å². The van der Waals surface area contributed by atoms with E-state index >= 15 is 0 Å². The summed E-state index contributed by atoms with van der Waals surface area (Å²) in [6.45, 7) is 0.890. The maximum Gasteiger partial charge on any atom is 0.326 e. The number of rotatable bonds is 4. The molecule has 0 aliphatic carbocycles. The summed E-state index contributed by atoms with van der Waals surface area (Å²) in [5.41, 5.74) is -1.33. The van der Waals surface area contributed by atoms with Gasteiger partial charge in [0.1, 0.15) is 11.8 Å². The van der Waals surface area contributed by atoms with Crippen molar-refractivity contribution in [2.75, 3.05) is 20.2 Å². The molecule has 132 valence electrons. The third-order valence-electron chi connectivity index (χ3n) is 3.80. The molecule has 2 aromatic rings. The van der Waals surface area contributed by atoms with Crippen molar-refractivity contribution in [3.05, 3.63) is 44.9 Å². The molecule has 25 heavy (non-hydrogen) atoms. The van der Waals surface area contributed by atoms with Crippen molar-refractivity contribution in [3.63, 3.8) is 0 Å². The van der Waals surface area contributed by atoms with E-state index in [9.17, 15) is 14.4 Å². The number of likely N-dealkylation sites (tertiary alicyclic amines) is 1. The summed E-state index contributed by atoms with van der Waals surface area (Å²) >= 11 is 0. The summed E-state index contributed by atoms with van der Waals surface area (Å²) in [5, 5.41) is 0. The topological polar surface area (TPSA) is 130 Å². The van der Waals surface area contributed by atoms with E-state index in [2.05, 4.69) is 15.0 Å². The lowest BCUT2D eigenvalue weighted by Gasteiger charge is -2.31. The minimum atomic E-state index is -0.702. The smallest absolute Gasteiger partial charge is 0.326 e. The van der Waals surface area contributed by atoms with Gasteiger partial charge in [0, 0.05) is 44.3 Å². The zero-order valence-corrected chi connectivity index (χ0v) is 13.5. The van der Waals surface area contributed by atoms with E-state index in [0.29, 0.717) is 31.8 Å². The Labute approximate surface area is 141 Å². The predicted molar refractivity (Wildman–Crippen MR) is 85.8 cm³/mol. The van der Waals surface area contributed by atoms with Crippen LogP contribution in [-0.4, -0.2) is 57.0 Å². The number of carbonyl (C=O) groups excluding carboxylic acids is 1. The van der Waals surface area contributed by atoms with E-state index in [4.69, 9.17) is 9.47 Å². The number of aromatic nitrogens is 4. The normalized spacial score (nSPS) is 15.0. The van der Waals surface area contributed by atoms with Crippen LogP contribution in [0.1, 0.15) is 23.3 Å². The molecule has 10 nitrogen and oxygen atoms in total. The average Bonchev–Trinajstić information content (AvgIpc) is 2.61. The van der Waals surface area contributed by atoms with Crippen molar-refractivity contribution in [1.82, 2.24) is 24.8 Å². The highest BCUT2D eigenvalue weighted by atomic mass is 16.5. The molecule has 2 N–H and O–H groups in total. The first-order chi connectivity index (χ1) is 12.0. The van der Waals surface area contributed by atoms with Crippen LogP contribution in [0.15, 0.2) is 27.9 Å². The number of nitrogens with zero attached hydrogens (tertiary/aromatic N) is 3. The van der Waals surface area contributed by atoms with Gasteiger partial charge in [-0.15, -0.1) is 0 Å². The number of methoxy groups -OCH3 is 1. The molecule has 3 rings (SSSR count). The molecule has 0 bridgehead atoms. The molecule has 0 radical (unpaired) electrons. The molecular formula is C15H17N5O5. The molecule has 0 saturated carbocycles. The van der Waals surface area contributed by atoms with Gasteiger partial charge in [-0.05, 0) is 0 Å². The second-order valence-electron chi connectivity index (χ2n) is 5.49. The lowest BCUT2D eigenvalue weighted by molar-refractivity contribution is 0.0580. The van der Waals surface area contributed by atoms with E-state index in [0.717, 1.165) is 6.07 Å². The van der Waals surface area contributed by atoms with Crippen LogP contribution in [0.4, 0.5) is 0 Å². The van der Waals surface area contributed by atoms with Gasteiger partial charge < -0.3 is 19.4 Å². The number of ether oxygens (including phenoxy) is 2. The van der Waals surface area contributed by atoms with Gasteiger partial charge in [-0.1, -0.05) is 0 Å². The van der Waals surface area contributed by atoms with E-state index in [1.54, 1.807) is 17.2 Å². The lowest BCUT2D eigenvalue weighted by Crippen LogP contribution is -2.43. The summed E-state index contributed by atoms with van der Waals surface area (Å²) in [6.07, 6.45) is 2.65. The van der Waals surface area contributed by atoms with Crippen LogP contribution in [0, 0.1) is 0 Å². The van der Waals surface area contributed by atoms with Crippen LogP contribution in [0.2, 0.25) is 0 Å². The second kappa shape index (κ2) is 7.16. The molecule has 1 amide bonds. The number of aromatic amines is 2. The zero-order valence-electron chi connectivity index (χ0n) is 13.5. The second-order valence-corrected chi connectivity index (χ2v) is 5.49. The quantitative estimate of drug-likeness (QED) is 0.765. The standard InChI is InChI=1S/C15H17N5O5/c1-24-15-16-5-2-12(19-15)25-9-3-6-20(7-4-9)13(22)10-8-11(21)18-14(23)17-10/h2,5,8-9H,3-4,6-7H2,1H3,(H2,17,18,21,23). The molecule has 1 aliphatic rings. The van der Waals surface area contributed by atoms with Crippen LogP contribution >= 0.6 is 0 Å². The fourth-order valence-electron chi connectivity index (χ4n) is 2.59. The van der Waals surface area contributed by atoms with Gasteiger partial charge in [0.15, 0.2) is 0 Å². The molecule has 1 saturated heterocycles. The Balaban J connectivity index is 1.60. The SMILES string of the molecule is COc1nccc(OC2CCN(C(=O)c3cc(=O)[nH]c(=O)[nH]3)CC2)n1. The van der Waals surface area contributed by atoms with Crippen molar-refractivity contribution >= 4 is 5.91 Å². The number of carbonyl (C=O) groups is 1. The van der Waals surface area contributed by atoms with Gasteiger partial charge in [0.2, 0.25) is 5.88 Å². The van der Waals surface area contributed by atoms with Crippen molar-refractivity contribution in [2.45, 2.75) is 18.9 Å². The Hall–Kier alpha value is -3.17. The van der Waals surface area contributed by atoms with Crippen LogP contribution in [0.25, 0.3) is 0 Å². The number of hydrogen-bond donors (Lipinski definition) is 2. The third kappa shape index (κ3) is 4.03. The molecule has 1 fully saturated rings. The fraction of sp³-hybridized carbons (Fsp3) is 0.400.